The van der Waals surface area contributed by atoms with Crippen molar-refractivity contribution in [3.05, 3.63) is 35.9 Å². The van der Waals surface area contributed by atoms with Gasteiger partial charge < -0.3 is 0 Å². The van der Waals surface area contributed by atoms with Crippen molar-refractivity contribution < 1.29 is 0 Å². The normalized spacial score (nSPS) is 11.6. The zero-order valence-corrected chi connectivity index (χ0v) is 6.89. The minimum atomic E-state index is 0.293. The molecule has 0 unspecified atom stereocenters. The molecule has 0 heterocycles. The Balaban J connectivity index is 2.97. The fourth-order valence-corrected chi connectivity index (χ4v) is 0.938. The molecule has 0 N–H and O–H groups in total. The fourth-order valence-electron chi connectivity index (χ4n) is 0.938. The van der Waals surface area contributed by atoms with Gasteiger partial charge in [0.05, 0.1) is 0 Å². The van der Waals surface area contributed by atoms with E-state index in [1.165, 1.54) is 5.56 Å². The molecular weight excluding hydrogens is 115 g/mol. The predicted octanol–water partition coefficient (Wildman–Crippen LogP) is 2.09. The summed E-state index contributed by atoms with van der Waals surface area (Å²) in [6.45, 7) is 4.45. The molecule has 1 aromatic carbocycles. The first-order valence-electron chi connectivity index (χ1n) is 3.66. The summed E-state index contributed by atoms with van der Waals surface area (Å²) in [5.41, 5.74) is 1.40. The van der Waals surface area contributed by atoms with E-state index in [4.69, 9.17) is 0 Å². The predicted molar refractivity (Wildman–Crippen MR) is 45.2 cm³/mol. The Kier molecular flexibility index (Phi) is 2.24. The Morgan fingerprint density at radius 1 is 1.10 bits per heavy atom. The molecular formula is C9H11Li. The van der Waals surface area contributed by atoms with Gasteiger partial charge in [-0.2, -0.15) is 0 Å². The van der Waals surface area contributed by atoms with Gasteiger partial charge >= 0.3 is 71.5 Å². The average molecular weight is 126 g/mol. The van der Waals surface area contributed by atoms with Crippen LogP contribution in [0, 0.1) is 0 Å². The maximum atomic E-state index is 2.22. The Bertz CT molecular complexity index is 196. The van der Waals surface area contributed by atoms with Gasteiger partial charge in [-0.1, -0.05) is 0 Å². The van der Waals surface area contributed by atoms with E-state index < -0.39 is 0 Å². The second kappa shape index (κ2) is 2.82. The molecule has 1 rings (SSSR count). The summed E-state index contributed by atoms with van der Waals surface area (Å²) in [6.07, 6.45) is 0. The molecule has 1 aromatic rings. The van der Waals surface area contributed by atoms with Gasteiger partial charge in [0.15, 0.2) is 0 Å². The molecule has 0 fully saturated rings. The van der Waals surface area contributed by atoms with Crippen LogP contribution in [0.25, 0.3) is 0 Å². The zero-order chi connectivity index (χ0) is 7.61. The SMILES string of the molecule is [Li][C](C)(C)c1ccccc1. The molecule has 0 spiro atoms. The van der Waals surface area contributed by atoms with E-state index in [-0.39, 0.29) is 0 Å². The van der Waals surface area contributed by atoms with Crippen LogP contribution in [0.1, 0.15) is 19.4 Å². The van der Waals surface area contributed by atoms with E-state index in [2.05, 4.69) is 61.9 Å². The molecule has 10 heavy (non-hydrogen) atoms. The topological polar surface area (TPSA) is 0 Å². The van der Waals surface area contributed by atoms with Crippen LogP contribution in [0.2, 0.25) is 0 Å². The summed E-state index contributed by atoms with van der Waals surface area (Å²) in [5.74, 6) is 0. The first-order chi connectivity index (χ1) is 4.61. The number of hydrogen-bond donors (Lipinski definition) is 0. The minimum absolute atomic E-state index is 0.293. The number of rotatable bonds is 1. The van der Waals surface area contributed by atoms with E-state index in [0.29, 0.717) is 4.09 Å². The first-order valence-corrected chi connectivity index (χ1v) is 3.66. The molecule has 0 nitrogen and oxygen atoms in total. The molecule has 0 aliphatic carbocycles. The molecule has 0 aliphatic heterocycles. The number of benzene rings is 1. The van der Waals surface area contributed by atoms with Crippen LogP contribution in [0.3, 0.4) is 0 Å². The van der Waals surface area contributed by atoms with E-state index in [9.17, 15) is 0 Å². The van der Waals surface area contributed by atoms with E-state index in [0.717, 1.165) is 0 Å². The number of hydrogen-bond acceptors (Lipinski definition) is 0. The van der Waals surface area contributed by atoms with Gasteiger partial charge in [0.25, 0.3) is 0 Å². The molecule has 0 aliphatic rings. The van der Waals surface area contributed by atoms with Crippen molar-refractivity contribution in [1.82, 2.24) is 0 Å². The van der Waals surface area contributed by atoms with Crippen molar-refractivity contribution in [2.24, 2.45) is 0 Å². The van der Waals surface area contributed by atoms with Crippen LogP contribution in [0.15, 0.2) is 30.3 Å². The summed E-state index contributed by atoms with van der Waals surface area (Å²) in [7, 11) is 0. The second-order valence-electron chi connectivity index (χ2n) is 3.62. The molecule has 48 valence electrons. The average Bonchev–Trinajstić information content (AvgIpc) is 1.88. The molecule has 1 heteroatoms. The molecule has 0 atom stereocenters. The quantitative estimate of drug-likeness (QED) is 0.505. The van der Waals surface area contributed by atoms with Crippen LogP contribution in [0.5, 0.6) is 0 Å². The molecule has 0 saturated heterocycles. The van der Waals surface area contributed by atoms with Crippen molar-refractivity contribution >= 4 is 17.7 Å². The van der Waals surface area contributed by atoms with Crippen LogP contribution in [-0.2, 0) is 4.09 Å². The van der Waals surface area contributed by atoms with Crippen molar-refractivity contribution in [3.8, 4) is 0 Å². The maximum absolute atomic E-state index is 2.22. The Labute approximate surface area is 71.8 Å². The standard InChI is InChI=1S/C9H11.Li/c1-8(2)9-6-4-3-5-7-9;/h3-7H,1-2H3;. The third-order valence-electron chi connectivity index (χ3n) is 1.64. The second-order valence-corrected chi connectivity index (χ2v) is 3.62. The summed E-state index contributed by atoms with van der Waals surface area (Å²) in [4.78, 5) is 0. The Hall–Kier alpha value is -0.183. The van der Waals surface area contributed by atoms with Crippen LogP contribution >= 0.6 is 0 Å². The van der Waals surface area contributed by atoms with E-state index >= 15 is 0 Å². The molecule has 0 radical (unpaired) electrons. The van der Waals surface area contributed by atoms with Crippen molar-refractivity contribution in [3.63, 3.8) is 0 Å². The van der Waals surface area contributed by atoms with Gasteiger partial charge in [-0.3, -0.25) is 0 Å². The van der Waals surface area contributed by atoms with Crippen molar-refractivity contribution in [2.45, 2.75) is 17.9 Å². The van der Waals surface area contributed by atoms with Gasteiger partial charge in [-0.05, 0) is 0 Å². The van der Waals surface area contributed by atoms with Crippen molar-refractivity contribution in [1.29, 1.82) is 0 Å². The monoisotopic (exact) mass is 126 g/mol. The van der Waals surface area contributed by atoms with Gasteiger partial charge in [0, 0.05) is 0 Å². The first kappa shape index (κ1) is 7.92. The van der Waals surface area contributed by atoms with Crippen LogP contribution in [-0.4, -0.2) is 17.7 Å². The van der Waals surface area contributed by atoms with Crippen molar-refractivity contribution in [2.75, 3.05) is 0 Å². The summed E-state index contributed by atoms with van der Waals surface area (Å²) in [6, 6.07) is 10.6. The van der Waals surface area contributed by atoms with Crippen LogP contribution < -0.4 is 0 Å². The van der Waals surface area contributed by atoms with Gasteiger partial charge in [-0.15, -0.1) is 0 Å². The molecule has 0 aromatic heterocycles. The van der Waals surface area contributed by atoms with E-state index in [1.54, 1.807) is 0 Å². The third-order valence-corrected chi connectivity index (χ3v) is 1.64. The van der Waals surface area contributed by atoms with E-state index in [1.807, 2.05) is 0 Å². The molecule has 0 amide bonds. The molecule has 0 saturated carbocycles. The summed E-state index contributed by atoms with van der Waals surface area (Å²) < 4.78 is 0.293. The third kappa shape index (κ3) is 1.90. The Morgan fingerprint density at radius 2 is 1.60 bits per heavy atom. The Morgan fingerprint density at radius 3 is 1.90 bits per heavy atom. The van der Waals surface area contributed by atoms with Crippen LogP contribution in [0.4, 0.5) is 0 Å². The summed E-state index contributed by atoms with van der Waals surface area (Å²) in [5, 5.41) is 0. The van der Waals surface area contributed by atoms with Gasteiger partial charge in [0.2, 0.25) is 0 Å². The van der Waals surface area contributed by atoms with Gasteiger partial charge in [-0.25, -0.2) is 0 Å². The zero-order valence-electron chi connectivity index (χ0n) is 6.89. The summed E-state index contributed by atoms with van der Waals surface area (Å²) >= 11 is 2.22. The van der Waals surface area contributed by atoms with Gasteiger partial charge in [0.1, 0.15) is 0 Å². The fraction of sp³-hybridized carbons (Fsp3) is 0.333. The molecule has 0 bridgehead atoms.